The second-order valence-electron chi connectivity index (χ2n) is 5.42. The molecule has 0 saturated heterocycles. The summed E-state index contributed by atoms with van der Waals surface area (Å²) in [4.78, 5) is 0. The Labute approximate surface area is 97.3 Å². The summed E-state index contributed by atoms with van der Waals surface area (Å²) in [6, 6.07) is 2.16. The van der Waals surface area contributed by atoms with Crippen molar-refractivity contribution in [1.82, 2.24) is 0 Å². The first-order valence-corrected chi connectivity index (χ1v) is 5.75. The van der Waals surface area contributed by atoms with Crippen LogP contribution in [0.15, 0.2) is 6.07 Å². The smallest absolute Gasteiger partial charge is 0.125 e. The maximum atomic E-state index is 10.2. The van der Waals surface area contributed by atoms with Crippen LogP contribution in [0.5, 0.6) is 5.75 Å². The highest BCUT2D eigenvalue weighted by molar-refractivity contribution is 5.55. The van der Waals surface area contributed by atoms with Crippen LogP contribution >= 0.6 is 0 Å². The van der Waals surface area contributed by atoms with E-state index in [0.29, 0.717) is 0 Å². The molecule has 0 radical (unpaired) electrons. The second kappa shape index (κ2) is 3.49. The minimum atomic E-state index is -0.348. The Morgan fingerprint density at radius 2 is 2.00 bits per heavy atom. The number of benzene rings is 1. The molecule has 1 aromatic carbocycles. The normalized spacial score (nSPS) is 22.0. The van der Waals surface area contributed by atoms with Gasteiger partial charge in [0.05, 0.1) is 13.2 Å². The third-order valence-corrected chi connectivity index (χ3v) is 3.72. The number of rotatable bonds is 1. The molecule has 1 aromatic rings. The lowest BCUT2D eigenvalue weighted by molar-refractivity contribution is 0.161. The van der Waals surface area contributed by atoms with Crippen LogP contribution in [0, 0.1) is 13.8 Å². The van der Waals surface area contributed by atoms with Crippen LogP contribution in [0.4, 0.5) is 0 Å². The fraction of sp³-hybridized carbons (Fsp3) is 0.571. The lowest BCUT2D eigenvalue weighted by atomic mass is 9.85. The molecule has 1 aliphatic carbocycles. The summed E-state index contributed by atoms with van der Waals surface area (Å²) >= 11 is 0. The SMILES string of the molecule is COc1c(C)cc2c(c1C)[C@@H](O)CC2(C)C. The van der Waals surface area contributed by atoms with E-state index in [1.54, 1.807) is 7.11 Å². The predicted octanol–water partition coefficient (Wildman–Crippen LogP) is 3.03. The van der Waals surface area contributed by atoms with Gasteiger partial charge in [-0.15, -0.1) is 0 Å². The number of hydrogen-bond acceptors (Lipinski definition) is 2. The quantitative estimate of drug-likeness (QED) is 0.788. The molecular weight excluding hydrogens is 200 g/mol. The molecule has 2 heteroatoms. The highest BCUT2D eigenvalue weighted by Gasteiger charge is 2.38. The molecule has 0 aliphatic heterocycles. The van der Waals surface area contributed by atoms with Crippen molar-refractivity contribution in [3.8, 4) is 5.75 Å². The van der Waals surface area contributed by atoms with Gasteiger partial charge in [-0.3, -0.25) is 0 Å². The Morgan fingerprint density at radius 3 is 2.56 bits per heavy atom. The van der Waals surface area contributed by atoms with Crippen LogP contribution in [0.25, 0.3) is 0 Å². The Morgan fingerprint density at radius 1 is 1.38 bits per heavy atom. The first kappa shape index (κ1) is 11.5. The van der Waals surface area contributed by atoms with Gasteiger partial charge >= 0.3 is 0 Å². The van der Waals surface area contributed by atoms with Crippen molar-refractivity contribution in [3.63, 3.8) is 0 Å². The Hall–Kier alpha value is -1.02. The molecular formula is C14H20O2. The van der Waals surface area contributed by atoms with E-state index in [4.69, 9.17) is 4.74 Å². The first-order valence-electron chi connectivity index (χ1n) is 5.75. The van der Waals surface area contributed by atoms with Gasteiger partial charge < -0.3 is 9.84 Å². The molecule has 0 fully saturated rings. The maximum absolute atomic E-state index is 10.2. The largest absolute Gasteiger partial charge is 0.496 e. The summed E-state index contributed by atoms with van der Waals surface area (Å²) < 4.78 is 5.41. The van der Waals surface area contributed by atoms with Crippen molar-refractivity contribution in [3.05, 3.63) is 28.3 Å². The third-order valence-electron chi connectivity index (χ3n) is 3.72. The highest BCUT2D eigenvalue weighted by Crippen LogP contribution is 2.48. The molecule has 0 amide bonds. The number of methoxy groups -OCH3 is 1. The Balaban J connectivity index is 2.72. The van der Waals surface area contributed by atoms with Gasteiger partial charge in [0.25, 0.3) is 0 Å². The van der Waals surface area contributed by atoms with Crippen molar-refractivity contribution in [2.75, 3.05) is 7.11 Å². The van der Waals surface area contributed by atoms with Crippen molar-refractivity contribution in [1.29, 1.82) is 0 Å². The summed E-state index contributed by atoms with van der Waals surface area (Å²) in [5.41, 5.74) is 4.66. The molecule has 88 valence electrons. The van der Waals surface area contributed by atoms with E-state index in [1.165, 1.54) is 5.56 Å². The zero-order valence-corrected chi connectivity index (χ0v) is 10.7. The van der Waals surface area contributed by atoms with Crippen LogP contribution in [0.2, 0.25) is 0 Å². The van der Waals surface area contributed by atoms with E-state index in [-0.39, 0.29) is 11.5 Å². The number of aliphatic hydroxyl groups excluding tert-OH is 1. The van der Waals surface area contributed by atoms with Crippen molar-refractivity contribution in [2.45, 2.75) is 45.6 Å². The zero-order valence-electron chi connectivity index (χ0n) is 10.7. The summed E-state index contributed by atoms with van der Waals surface area (Å²) in [7, 11) is 1.69. The minimum Gasteiger partial charge on any atom is -0.496 e. The maximum Gasteiger partial charge on any atom is 0.125 e. The summed E-state index contributed by atoms with van der Waals surface area (Å²) in [6.45, 7) is 8.48. The number of aliphatic hydroxyl groups is 1. The Bertz CT molecular complexity index is 433. The van der Waals surface area contributed by atoms with Crippen LogP contribution in [0.3, 0.4) is 0 Å². The molecule has 0 unspecified atom stereocenters. The van der Waals surface area contributed by atoms with E-state index >= 15 is 0 Å². The molecule has 2 nitrogen and oxygen atoms in total. The zero-order chi connectivity index (χ0) is 12.1. The molecule has 16 heavy (non-hydrogen) atoms. The van der Waals surface area contributed by atoms with Crippen LogP contribution < -0.4 is 4.74 Å². The monoisotopic (exact) mass is 220 g/mol. The lowest BCUT2D eigenvalue weighted by Gasteiger charge is -2.21. The average Bonchev–Trinajstić information content (AvgIpc) is 2.37. The minimum absolute atomic E-state index is 0.0660. The van der Waals surface area contributed by atoms with Gasteiger partial charge in [0.15, 0.2) is 0 Å². The fourth-order valence-corrected chi connectivity index (χ4v) is 2.98. The first-order chi connectivity index (χ1) is 7.38. The van der Waals surface area contributed by atoms with Crippen molar-refractivity contribution in [2.24, 2.45) is 0 Å². The molecule has 0 bridgehead atoms. The average molecular weight is 220 g/mol. The molecule has 1 atom stereocenters. The lowest BCUT2D eigenvalue weighted by Crippen LogP contribution is -2.12. The summed E-state index contributed by atoms with van der Waals surface area (Å²) in [5, 5.41) is 10.2. The van der Waals surface area contributed by atoms with E-state index < -0.39 is 0 Å². The number of hydrogen-bond donors (Lipinski definition) is 1. The van der Waals surface area contributed by atoms with E-state index in [2.05, 4.69) is 26.8 Å². The van der Waals surface area contributed by atoms with Gasteiger partial charge in [0.1, 0.15) is 5.75 Å². The van der Waals surface area contributed by atoms with Gasteiger partial charge in [0.2, 0.25) is 0 Å². The topological polar surface area (TPSA) is 29.5 Å². The molecule has 0 heterocycles. The predicted molar refractivity (Wildman–Crippen MR) is 65.1 cm³/mol. The highest BCUT2D eigenvalue weighted by atomic mass is 16.5. The standard InChI is InChI=1S/C14H20O2/c1-8-6-10-12(9(2)13(8)16-5)11(15)7-14(10,3)4/h6,11,15H,7H2,1-5H3/t11-/m0/s1. The molecule has 0 saturated carbocycles. The van der Waals surface area contributed by atoms with Crippen LogP contribution in [-0.2, 0) is 5.41 Å². The van der Waals surface area contributed by atoms with E-state index in [0.717, 1.165) is 28.9 Å². The number of aryl methyl sites for hydroxylation is 1. The van der Waals surface area contributed by atoms with Crippen LogP contribution in [-0.4, -0.2) is 12.2 Å². The van der Waals surface area contributed by atoms with E-state index in [9.17, 15) is 5.11 Å². The van der Waals surface area contributed by atoms with Crippen molar-refractivity contribution < 1.29 is 9.84 Å². The van der Waals surface area contributed by atoms with Gasteiger partial charge in [0, 0.05) is 0 Å². The van der Waals surface area contributed by atoms with Gasteiger partial charge in [-0.05, 0) is 47.9 Å². The molecule has 1 N–H and O–H groups in total. The molecule has 2 rings (SSSR count). The fourth-order valence-electron chi connectivity index (χ4n) is 2.98. The molecule has 0 aromatic heterocycles. The summed E-state index contributed by atoms with van der Waals surface area (Å²) in [5.74, 6) is 0.913. The van der Waals surface area contributed by atoms with Gasteiger partial charge in [-0.1, -0.05) is 19.9 Å². The van der Waals surface area contributed by atoms with Gasteiger partial charge in [-0.25, -0.2) is 0 Å². The second-order valence-corrected chi connectivity index (χ2v) is 5.42. The summed E-state index contributed by atoms with van der Waals surface area (Å²) in [6.07, 6.45) is 0.454. The number of ether oxygens (including phenoxy) is 1. The third kappa shape index (κ3) is 1.44. The number of fused-ring (bicyclic) bond motifs is 1. The molecule has 1 aliphatic rings. The van der Waals surface area contributed by atoms with Crippen molar-refractivity contribution >= 4 is 0 Å². The van der Waals surface area contributed by atoms with Crippen LogP contribution in [0.1, 0.15) is 48.6 Å². The molecule has 0 spiro atoms. The van der Waals surface area contributed by atoms with E-state index in [1.807, 2.05) is 6.92 Å². The Kier molecular flexibility index (Phi) is 2.50. The van der Waals surface area contributed by atoms with Gasteiger partial charge in [-0.2, -0.15) is 0 Å².